The largest absolute Gasteiger partial charge is 0.396 e. The first kappa shape index (κ1) is 16.0. The van der Waals surface area contributed by atoms with Crippen LogP contribution in [0, 0.1) is 11.3 Å². The van der Waals surface area contributed by atoms with Crippen LogP contribution in [0.4, 0.5) is 10.7 Å². The van der Waals surface area contributed by atoms with Crippen molar-refractivity contribution in [2.24, 2.45) is 0 Å². The maximum atomic E-state index is 11.9. The summed E-state index contributed by atoms with van der Waals surface area (Å²) >= 11 is 3.26. The van der Waals surface area contributed by atoms with Gasteiger partial charge in [-0.3, -0.25) is 4.79 Å². The van der Waals surface area contributed by atoms with Gasteiger partial charge < -0.3 is 16.0 Å². The third-order valence-electron chi connectivity index (χ3n) is 3.60. The molecule has 0 saturated carbocycles. The number of nitrogens with one attached hydrogen (secondary N) is 1. The molecule has 0 aromatic carbocycles. The average Bonchev–Trinajstić information content (AvgIpc) is 2.66. The number of carbonyl (C=O) groups excluding carboxylic acids is 1. The smallest absolute Gasteiger partial charge is 0.263 e. The second-order valence-corrected chi connectivity index (χ2v) is 8.36. The van der Waals surface area contributed by atoms with Crippen molar-refractivity contribution in [3.8, 4) is 6.07 Å². The van der Waals surface area contributed by atoms with Gasteiger partial charge in [-0.1, -0.05) is 13.8 Å². The van der Waals surface area contributed by atoms with Crippen LogP contribution in [0.3, 0.4) is 0 Å². The van der Waals surface area contributed by atoms with Gasteiger partial charge in [-0.15, -0.1) is 11.3 Å². The predicted octanol–water partition coefficient (Wildman–Crippen LogP) is 2.28. The number of hydrogen-bond donors (Lipinski definition) is 2. The Morgan fingerprint density at radius 1 is 1.48 bits per heavy atom. The molecule has 0 atom stereocenters. The minimum atomic E-state index is -0.232. The maximum Gasteiger partial charge on any atom is 0.263 e. The van der Waals surface area contributed by atoms with Crippen molar-refractivity contribution >= 4 is 39.7 Å². The van der Waals surface area contributed by atoms with E-state index in [0.717, 1.165) is 30.3 Å². The summed E-state index contributed by atoms with van der Waals surface area (Å²) in [6.07, 6.45) is 1.04. The standard InChI is InChI=1S/C14H20N4OS2/c1-14(2)4-5-18(6-7-20-14)13-9(8-15)10(16)11(21-13)12(19)17-3/h4-7,16H2,1-3H3,(H,17,19). The molecule has 1 aliphatic rings. The van der Waals surface area contributed by atoms with E-state index in [1.165, 1.54) is 11.3 Å². The van der Waals surface area contributed by atoms with E-state index >= 15 is 0 Å². The van der Waals surface area contributed by atoms with E-state index in [2.05, 4.69) is 30.1 Å². The van der Waals surface area contributed by atoms with Crippen molar-refractivity contribution in [3.05, 3.63) is 10.4 Å². The zero-order chi connectivity index (χ0) is 15.6. The molecule has 0 radical (unpaired) electrons. The Kier molecular flexibility index (Phi) is 4.69. The fourth-order valence-electron chi connectivity index (χ4n) is 2.27. The summed E-state index contributed by atoms with van der Waals surface area (Å²) in [7, 11) is 1.57. The van der Waals surface area contributed by atoms with Crippen LogP contribution in [0.1, 0.15) is 35.5 Å². The Balaban J connectivity index is 2.35. The lowest BCUT2D eigenvalue weighted by atomic mass is 10.1. The molecule has 0 spiro atoms. The van der Waals surface area contributed by atoms with Gasteiger partial charge in [0, 0.05) is 30.6 Å². The number of thiophene rings is 1. The molecular formula is C14H20N4OS2. The number of anilines is 2. The highest BCUT2D eigenvalue weighted by atomic mass is 32.2. The van der Waals surface area contributed by atoms with Crippen molar-refractivity contribution in [2.75, 3.05) is 36.5 Å². The quantitative estimate of drug-likeness (QED) is 0.872. The Morgan fingerprint density at radius 3 is 2.81 bits per heavy atom. The highest BCUT2D eigenvalue weighted by molar-refractivity contribution is 8.00. The second kappa shape index (κ2) is 6.16. The van der Waals surface area contributed by atoms with Gasteiger partial charge in [0.05, 0.1) is 5.69 Å². The second-order valence-electron chi connectivity index (χ2n) is 5.56. The van der Waals surface area contributed by atoms with E-state index in [0.29, 0.717) is 16.1 Å². The van der Waals surface area contributed by atoms with Gasteiger partial charge in [-0.05, 0) is 6.42 Å². The Labute approximate surface area is 133 Å². The Bertz CT molecular complexity index is 589. The van der Waals surface area contributed by atoms with E-state index in [1.807, 2.05) is 11.8 Å². The Hall–Kier alpha value is -1.39. The van der Waals surface area contributed by atoms with Gasteiger partial charge in [0.1, 0.15) is 21.5 Å². The molecule has 21 heavy (non-hydrogen) atoms. The van der Waals surface area contributed by atoms with Gasteiger partial charge in [0.2, 0.25) is 0 Å². The highest BCUT2D eigenvalue weighted by Gasteiger charge is 2.28. The van der Waals surface area contributed by atoms with Crippen molar-refractivity contribution < 1.29 is 4.79 Å². The molecule has 2 rings (SSSR count). The first-order valence-electron chi connectivity index (χ1n) is 6.83. The lowest BCUT2D eigenvalue weighted by Gasteiger charge is -2.23. The van der Waals surface area contributed by atoms with E-state index in [1.54, 1.807) is 7.05 Å². The molecule has 114 valence electrons. The molecule has 5 nitrogen and oxygen atoms in total. The molecule has 0 unspecified atom stereocenters. The predicted molar refractivity (Wildman–Crippen MR) is 90.2 cm³/mol. The molecule has 1 fully saturated rings. The maximum absolute atomic E-state index is 11.9. The van der Waals surface area contributed by atoms with Crippen LogP contribution in [0.15, 0.2) is 0 Å². The monoisotopic (exact) mass is 324 g/mol. The number of thioether (sulfide) groups is 1. The Morgan fingerprint density at radius 2 is 2.19 bits per heavy atom. The SMILES string of the molecule is CNC(=O)c1sc(N2CCSC(C)(C)CC2)c(C#N)c1N. The zero-order valence-corrected chi connectivity index (χ0v) is 14.2. The number of carbonyl (C=O) groups is 1. The lowest BCUT2D eigenvalue weighted by Crippen LogP contribution is -2.26. The van der Waals surface area contributed by atoms with Crippen molar-refractivity contribution in [2.45, 2.75) is 25.0 Å². The molecule has 0 aliphatic carbocycles. The molecule has 1 amide bonds. The first-order valence-corrected chi connectivity index (χ1v) is 8.63. The topological polar surface area (TPSA) is 82.2 Å². The minimum absolute atomic E-state index is 0.232. The van der Waals surface area contributed by atoms with Crippen molar-refractivity contribution in [3.63, 3.8) is 0 Å². The van der Waals surface area contributed by atoms with Crippen molar-refractivity contribution in [1.29, 1.82) is 5.26 Å². The summed E-state index contributed by atoms with van der Waals surface area (Å²) in [5.41, 5.74) is 6.72. The fourth-order valence-corrected chi connectivity index (χ4v) is 4.54. The van der Waals surface area contributed by atoms with Crippen LogP contribution < -0.4 is 16.0 Å². The van der Waals surface area contributed by atoms with E-state index in [-0.39, 0.29) is 10.7 Å². The molecule has 1 aromatic heterocycles. The number of nitriles is 1. The molecule has 1 aromatic rings. The van der Waals surface area contributed by atoms with E-state index in [9.17, 15) is 10.1 Å². The van der Waals surface area contributed by atoms with Crippen molar-refractivity contribution in [1.82, 2.24) is 5.32 Å². The van der Waals surface area contributed by atoms with Crippen LogP contribution in [-0.4, -0.2) is 36.5 Å². The number of nitrogens with zero attached hydrogens (tertiary/aromatic N) is 2. The number of hydrogen-bond acceptors (Lipinski definition) is 6. The van der Waals surface area contributed by atoms with Crippen LogP contribution in [-0.2, 0) is 0 Å². The van der Waals surface area contributed by atoms with Crippen LogP contribution >= 0.6 is 23.1 Å². The van der Waals surface area contributed by atoms with E-state index < -0.39 is 0 Å². The summed E-state index contributed by atoms with van der Waals surface area (Å²) in [5, 5.41) is 12.8. The molecule has 0 bridgehead atoms. The van der Waals surface area contributed by atoms with Gasteiger partial charge >= 0.3 is 0 Å². The molecule has 2 heterocycles. The normalized spacial score (nSPS) is 17.9. The number of nitrogens with two attached hydrogens (primary N) is 1. The van der Waals surface area contributed by atoms with Crippen LogP contribution in [0.25, 0.3) is 0 Å². The zero-order valence-electron chi connectivity index (χ0n) is 12.5. The van der Waals surface area contributed by atoms with Gasteiger partial charge in [-0.25, -0.2) is 0 Å². The first-order chi connectivity index (χ1) is 9.89. The van der Waals surface area contributed by atoms with Gasteiger partial charge in [0.15, 0.2) is 0 Å². The van der Waals surface area contributed by atoms with Gasteiger partial charge in [-0.2, -0.15) is 17.0 Å². The molecule has 3 N–H and O–H groups in total. The van der Waals surface area contributed by atoms with Crippen LogP contribution in [0.2, 0.25) is 0 Å². The summed E-state index contributed by atoms with van der Waals surface area (Å²) in [6, 6.07) is 2.16. The van der Waals surface area contributed by atoms with Gasteiger partial charge in [0.25, 0.3) is 5.91 Å². The fraction of sp³-hybridized carbons (Fsp3) is 0.571. The molecule has 1 aliphatic heterocycles. The third-order valence-corrected chi connectivity index (χ3v) is 6.23. The summed E-state index contributed by atoms with van der Waals surface area (Å²) < 4.78 is 0.244. The number of nitrogen functional groups attached to an aromatic ring is 1. The summed E-state index contributed by atoms with van der Waals surface area (Å²) in [5.74, 6) is 0.773. The third kappa shape index (κ3) is 3.27. The van der Waals surface area contributed by atoms with Crippen LogP contribution in [0.5, 0.6) is 0 Å². The average molecular weight is 324 g/mol. The minimum Gasteiger partial charge on any atom is -0.396 e. The highest BCUT2D eigenvalue weighted by Crippen LogP contribution is 2.40. The van der Waals surface area contributed by atoms with E-state index in [4.69, 9.17) is 5.73 Å². The molecule has 7 heteroatoms. The summed E-state index contributed by atoms with van der Waals surface area (Å²) in [6.45, 7) is 6.23. The summed E-state index contributed by atoms with van der Waals surface area (Å²) in [4.78, 5) is 14.5. The number of rotatable bonds is 2. The number of amides is 1. The molecular weight excluding hydrogens is 304 g/mol. The molecule has 1 saturated heterocycles. The lowest BCUT2D eigenvalue weighted by molar-refractivity contribution is 0.0968.